The molecule has 0 saturated carbocycles. The zero-order chi connectivity index (χ0) is 10.6. The number of nitrogens with one attached hydrogen (secondary N) is 1. The van der Waals surface area contributed by atoms with Crippen molar-refractivity contribution < 1.29 is 4.79 Å². The molecule has 1 aliphatic heterocycles. The topological polar surface area (TPSA) is 32.3 Å². The number of amides is 1. The quantitative estimate of drug-likeness (QED) is 0.740. The van der Waals surface area contributed by atoms with Gasteiger partial charge in [0.1, 0.15) is 0 Å². The van der Waals surface area contributed by atoms with Gasteiger partial charge in [-0.2, -0.15) is 0 Å². The van der Waals surface area contributed by atoms with Crippen LogP contribution >= 0.6 is 0 Å². The standard InChI is InChI=1S/C11H22N2O/c1-4-11(9-10(14)12-2)5-7-13(3)8-6-11/h4-9H2,1-3H3,(H,12,14). The van der Waals surface area contributed by atoms with Crippen LogP contribution in [0, 0.1) is 5.41 Å². The van der Waals surface area contributed by atoms with Crippen molar-refractivity contribution in [2.75, 3.05) is 27.2 Å². The van der Waals surface area contributed by atoms with Crippen molar-refractivity contribution in [3.63, 3.8) is 0 Å². The van der Waals surface area contributed by atoms with Gasteiger partial charge < -0.3 is 10.2 Å². The van der Waals surface area contributed by atoms with Crippen molar-refractivity contribution in [1.29, 1.82) is 0 Å². The highest BCUT2D eigenvalue weighted by atomic mass is 16.1. The number of carbonyl (C=O) groups excluding carboxylic acids is 1. The van der Waals surface area contributed by atoms with Crippen LogP contribution in [0.5, 0.6) is 0 Å². The average molecular weight is 198 g/mol. The summed E-state index contributed by atoms with van der Waals surface area (Å²) in [5.74, 6) is 0.191. The van der Waals surface area contributed by atoms with E-state index in [4.69, 9.17) is 0 Å². The van der Waals surface area contributed by atoms with Crippen molar-refractivity contribution in [1.82, 2.24) is 10.2 Å². The molecule has 1 rings (SSSR count). The molecule has 1 heterocycles. The number of nitrogens with zero attached hydrogens (tertiary/aromatic N) is 1. The second-order valence-electron chi connectivity index (χ2n) is 4.51. The molecule has 0 aliphatic carbocycles. The summed E-state index contributed by atoms with van der Waals surface area (Å²) >= 11 is 0. The zero-order valence-electron chi connectivity index (χ0n) is 9.60. The van der Waals surface area contributed by atoms with Gasteiger partial charge in [-0.15, -0.1) is 0 Å². The minimum atomic E-state index is 0.191. The molecule has 1 fully saturated rings. The molecular formula is C11H22N2O. The van der Waals surface area contributed by atoms with Gasteiger partial charge >= 0.3 is 0 Å². The summed E-state index contributed by atoms with van der Waals surface area (Å²) in [6.07, 6.45) is 4.14. The molecule has 1 amide bonds. The molecule has 1 saturated heterocycles. The van der Waals surface area contributed by atoms with E-state index in [1.54, 1.807) is 7.05 Å². The van der Waals surface area contributed by atoms with Crippen molar-refractivity contribution in [2.24, 2.45) is 5.41 Å². The number of hydrogen-bond donors (Lipinski definition) is 1. The van der Waals surface area contributed by atoms with Gasteiger partial charge in [0.2, 0.25) is 5.91 Å². The fourth-order valence-electron chi connectivity index (χ4n) is 2.18. The van der Waals surface area contributed by atoms with Gasteiger partial charge in [-0.05, 0) is 44.8 Å². The van der Waals surface area contributed by atoms with Gasteiger partial charge in [-0.25, -0.2) is 0 Å². The normalized spacial score (nSPS) is 21.9. The third kappa shape index (κ3) is 2.71. The Morgan fingerprint density at radius 1 is 1.43 bits per heavy atom. The second-order valence-corrected chi connectivity index (χ2v) is 4.51. The lowest BCUT2D eigenvalue weighted by Crippen LogP contribution is -2.40. The molecular weight excluding hydrogens is 176 g/mol. The first-order valence-electron chi connectivity index (χ1n) is 5.51. The summed E-state index contributed by atoms with van der Waals surface area (Å²) in [6.45, 7) is 4.46. The van der Waals surface area contributed by atoms with E-state index in [9.17, 15) is 4.79 Å². The molecule has 3 heteroatoms. The van der Waals surface area contributed by atoms with Crippen LogP contribution in [-0.2, 0) is 4.79 Å². The van der Waals surface area contributed by atoms with Crippen LogP contribution in [0.25, 0.3) is 0 Å². The molecule has 14 heavy (non-hydrogen) atoms. The Kier molecular flexibility index (Phi) is 3.93. The highest BCUT2D eigenvalue weighted by Gasteiger charge is 2.33. The molecule has 0 aromatic carbocycles. The molecule has 0 spiro atoms. The van der Waals surface area contributed by atoms with Gasteiger partial charge in [0.25, 0.3) is 0 Å². The summed E-state index contributed by atoms with van der Waals surface area (Å²) in [6, 6.07) is 0. The predicted molar refractivity (Wildman–Crippen MR) is 58.1 cm³/mol. The minimum Gasteiger partial charge on any atom is -0.359 e. The van der Waals surface area contributed by atoms with Crippen molar-refractivity contribution in [2.45, 2.75) is 32.6 Å². The Balaban J connectivity index is 2.54. The third-order valence-corrected chi connectivity index (χ3v) is 3.61. The van der Waals surface area contributed by atoms with E-state index in [-0.39, 0.29) is 11.3 Å². The van der Waals surface area contributed by atoms with Gasteiger partial charge in [0, 0.05) is 13.5 Å². The van der Waals surface area contributed by atoms with Crippen LogP contribution in [0.2, 0.25) is 0 Å². The molecule has 0 aromatic heterocycles. The minimum absolute atomic E-state index is 0.191. The zero-order valence-corrected chi connectivity index (χ0v) is 9.60. The summed E-state index contributed by atoms with van der Waals surface area (Å²) in [7, 11) is 3.88. The Bertz CT molecular complexity index is 195. The van der Waals surface area contributed by atoms with E-state index in [2.05, 4.69) is 24.2 Å². The van der Waals surface area contributed by atoms with Crippen LogP contribution in [0.15, 0.2) is 0 Å². The lowest BCUT2D eigenvalue weighted by molar-refractivity contribution is -0.123. The Morgan fingerprint density at radius 2 is 2.00 bits per heavy atom. The molecule has 1 aliphatic rings. The molecule has 0 aromatic rings. The van der Waals surface area contributed by atoms with Crippen LogP contribution in [0.3, 0.4) is 0 Å². The number of rotatable bonds is 3. The van der Waals surface area contributed by atoms with Gasteiger partial charge in [0.15, 0.2) is 0 Å². The molecule has 0 radical (unpaired) electrons. The smallest absolute Gasteiger partial charge is 0.220 e. The molecule has 82 valence electrons. The van der Waals surface area contributed by atoms with E-state index in [0.717, 1.165) is 32.4 Å². The largest absolute Gasteiger partial charge is 0.359 e. The highest BCUT2D eigenvalue weighted by Crippen LogP contribution is 2.37. The summed E-state index contributed by atoms with van der Waals surface area (Å²) in [5.41, 5.74) is 0.270. The molecule has 1 N–H and O–H groups in total. The predicted octanol–water partition coefficient (Wildman–Crippen LogP) is 1.24. The molecule has 0 unspecified atom stereocenters. The Labute approximate surface area is 86.9 Å². The fourth-order valence-corrected chi connectivity index (χ4v) is 2.18. The lowest BCUT2D eigenvalue weighted by Gasteiger charge is -2.39. The number of hydrogen-bond acceptors (Lipinski definition) is 2. The van der Waals surface area contributed by atoms with Crippen LogP contribution in [0.1, 0.15) is 32.6 Å². The lowest BCUT2D eigenvalue weighted by atomic mass is 9.73. The highest BCUT2D eigenvalue weighted by molar-refractivity contribution is 5.76. The summed E-state index contributed by atoms with van der Waals surface area (Å²) in [4.78, 5) is 13.7. The molecule has 3 nitrogen and oxygen atoms in total. The van der Waals surface area contributed by atoms with Crippen LogP contribution in [0.4, 0.5) is 0 Å². The maximum absolute atomic E-state index is 11.4. The number of likely N-dealkylation sites (tertiary alicyclic amines) is 1. The second kappa shape index (κ2) is 4.78. The van der Waals surface area contributed by atoms with E-state index < -0.39 is 0 Å². The Morgan fingerprint density at radius 3 is 2.43 bits per heavy atom. The first-order chi connectivity index (χ1) is 6.62. The number of carbonyl (C=O) groups is 1. The monoisotopic (exact) mass is 198 g/mol. The van der Waals surface area contributed by atoms with Crippen molar-refractivity contribution in [3.05, 3.63) is 0 Å². The van der Waals surface area contributed by atoms with E-state index >= 15 is 0 Å². The SMILES string of the molecule is CCC1(CC(=O)NC)CCN(C)CC1. The first kappa shape index (κ1) is 11.5. The maximum atomic E-state index is 11.4. The van der Waals surface area contributed by atoms with E-state index in [1.807, 2.05) is 0 Å². The van der Waals surface area contributed by atoms with Crippen LogP contribution in [-0.4, -0.2) is 38.0 Å². The summed E-state index contributed by atoms with van der Waals surface area (Å²) in [5, 5.41) is 2.73. The molecule has 0 atom stereocenters. The third-order valence-electron chi connectivity index (χ3n) is 3.61. The van der Waals surface area contributed by atoms with Gasteiger partial charge in [0.05, 0.1) is 0 Å². The van der Waals surface area contributed by atoms with Crippen molar-refractivity contribution >= 4 is 5.91 Å². The molecule has 0 bridgehead atoms. The number of piperidine rings is 1. The fraction of sp³-hybridized carbons (Fsp3) is 0.909. The summed E-state index contributed by atoms with van der Waals surface area (Å²) < 4.78 is 0. The maximum Gasteiger partial charge on any atom is 0.220 e. The first-order valence-corrected chi connectivity index (χ1v) is 5.51. The van der Waals surface area contributed by atoms with Crippen molar-refractivity contribution in [3.8, 4) is 0 Å². The van der Waals surface area contributed by atoms with Gasteiger partial charge in [-0.3, -0.25) is 4.79 Å². The van der Waals surface area contributed by atoms with E-state index in [0.29, 0.717) is 6.42 Å². The average Bonchev–Trinajstić information content (AvgIpc) is 2.22. The Hall–Kier alpha value is -0.570. The van der Waals surface area contributed by atoms with E-state index in [1.165, 1.54) is 0 Å². The van der Waals surface area contributed by atoms with Crippen LogP contribution < -0.4 is 5.32 Å². The van der Waals surface area contributed by atoms with Gasteiger partial charge in [-0.1, -0.05) is 6.92 Å².